The highest BCUT2D eigenvalue weighted by Gasteiger charge is 2.28. The molecule has 132 valence electrons. The highest BCUT2D eigenvalue weighted by Crippen LogP contribution is 2.25. The molecule has 5 heteroatoms. The molecule has 2 aromatic rings. The fourth-order valence-electron chi connectivity index (χ4n) is 3.28. The Bertz CT molecular complexity index is 735. The average Bonchev–Trinajstić information content (AvgIpc) is 2.60. The Balaban J connectivity index is 1.70. The lowest BCUT2D eigenvalue weighted by Crippen LogP contribution is -2.49. The number of amides is 1. The summed E-state index contributed by atoms with van der Waals surface area (Å²) < 4.78 is 1.02. The summed E-state index contributed by atoms with van der Waals surface area (Å²) in [5, 5.41) is 3.05. The number of carbonyl (C=O) groups excluding carboxylic acids is 1. The van der Waals surface area contributed by atoms with Crippen LogP contribution in [0.25, 0.3) is 0 Å². The second kappa shape index (κ2) is 8.13. The van der Waals surface area contributed by atoms with E-state index in [-0.39, 0.29) is 11.9 Å². The van der Waals surface area contributed by atoms with Crippen molar-refractivity contribution >= 4 is 27.5 Å². The minimum Gasteiger partial charge on any atom is -0.325 e. The van der Waals surface area contributed by atoms with E-state index in [1.807, 2.05) is 31.2 Å². The van der Waals surface area contributed by atoms with Crippen molar-refractivity contribution in [1.29, 1.82) is 0 Å². The zero-order valence-corrected chi connectivity index (χ0v) is 16.3. The number of halogens is 1. The van der Waals surface area contributed by atoms with Crippen molar-refractivity contribution < 1.29 is 4.79 Å². The first-order valence-corrected chi connectivity index (χ1v) is 9.36. The highest BCUT2D eigenvalue weighted by molar-refractivity contribution is 9.10. The van der Waals surface area contributed by atoms with Gasteiger partial charge in [0.2, 0.25) is 5.91 Å². The normalized spacial score (nSPS) is 18.9. The minimum absolute atomic E-state index is 0.0379. The first kappa shape index (κ1) is 18.1. The van der Waals surface area contributed by atoms with Crippen molar-refractivity contribution in [3.63, 3.8) is 0 Å². The summed E-state index contributed by atoms with van der Waals surface area (Å²) in [6.45, 7) is 5.22. The van der Waals surface area contributed by atoms with Crippen LogP contribution in [0.2, 0.25) is 0 Å². The summed E-state index contributed by atoms with van der Waals surface area (Å²) >= 11 is 3.46. The second-order valence-electron chi connectivity index (χ2n) is 6.67. The molecule has 0 saturated carbocycles. The average molecular weight is 402 g/mol. The van der Waals surface area contributed by atoms with Gasteiger partial charge in [-0.05, 0) is 43.3 Å². The van der Waals surface area contributed by atoms with E-state index in [1.54, 1.807) is 0 Å². The largest absolute Gasteiger partial charge is 0.325 e. The minimum atomic E-state index is 0.0379. The molecular weight excluding hydrogens is 378 g/mol. The third-order valence-corrected chi connectivity index (χ3v) is 5.18. The first-order chi connectivity index (χ1) is 12.0. The first-order valence-electron chi connectivity index (χ1n) is 8.56. The zero-order valence-electron chi connectivity index (χ0n) is 14.7. The summed E-state index contributed by atoms with van der Waals surface area (Å²) in [6, 6.07) is 16.6. The number of hydrogen-bond donors (Lipinski definition) is 1. The lowest BCUT2D eigenvalue weighted by Gasteiger charge is -2.40. The third kappa shape index (κ3) is 4.69. The number of anilines is 1. The molecule has 1 atom stereocenters. The molecule has 0 spiro atoms. The molecule has 25 heavy (non-hydrogen) atoms. The molecule has 2 aromatic carbocycles. The zero-order chi connectivity index (χ0) is 17.8. The van der Waals surface area contributed by atoms with Gasteiger partial charge < -0.3 is 10.2 Å². The van der Waals surface area contributed by atoms with Crippen molar-refractivity contribution in [3.8, 4) is 0 Å². The maximum absolute atomic E-state index is 12.6. The molecule has 4 nitrogen and oxygen atoms in total. The van der Waals surface area contributed by atoms with Crippen molar-refractivity contribution in [3.05, 3.63) is 64.1 Å². The quantitative estimate of drug-likeness (QED) is 0.848. The number of hydrogen-bond acceptors (Lipinski definition) is 3. The van der Waals surface area contributed by atoms with Gasteiger partial charge in [-0.25, -0.2) is 0 Å². The molecule has 1 saturated heterocycles. The van der Waals surface area contributed by atoms with Gasteiger partial charge in [-0.3, -0.25) is 9.69 Å². The number of benzene rings is 2. The van der Waals surface area contributed by atoms with Crippen LogP contribution in [-0.2, 0) is 4.79 Å². The van der Waals surface area contributed by atoms with Crippen LogP contribution in [0.1, 0.15) is 17.2 Å². The van der Waals surface area contributed by atoms with Crippen molar-refractivity contribution in [2.24, 2.45) is 0 Å². The summed E-state index contributed by atoms with van der Waals surface area (Å²) in [5.74, 6) is 0.0379. The van der Waals surface area contributed by atoms with E-state index in [0.29, 0.717) is 6.54 Å². The molecule has 0 aromatic heterocycles. The Morgan fingerprint density at radius 1 is 1.20 bits per heavy atom. The van der Waals surface area contributed by atoms with E-state index >= 15 is 0 Å². The topological polar surface area (TPSA) is 35.6 Å². The number of aryl methyl sites for hydroxylation is 1. The Hall–Kier alpha value is -1.69. The predicted octanol–water partition coefficient (Wildman–Crippen LogP) is 3.68. The Labute approximate surface area is 158 Å². The molecule has 1 heterocycles. The van der Waals surface area contributed by atoms with Crippen LogP contribution in [0.15, 0.2) is 53.0 Å². The smallest absolute Gasteiger partial charge is 0.238 e. The summed E-state index contributed by atoms with van der Waals surface area (Å²) in [7, 11) is 2.14. The number of nitrogens with zero attached hydrogens (tertiary/aromatic N) is 2. The molecule has 1 fully saturated rings. The van der Waals surface area contributed by atoms with Gasteiger partial charge in [0.05, 0.1) is 6.54 Å². The van der Waals surface area contributed by atoms with Gasteiger partial charge in [0, 0.05) is 35.8 Å². The second-order valence-corrected chi connectivity index (χ2v) is 7.58. The number of likely N-dealkylation sites (N-methyl/N-ethyl adjacent to an activating group) is 1. The molecule has 1 aliphatic rings. The van der Waals surface area contributed by atoms with E-state index in [0.717, 1.165) is 35.4 Å². The maximum Gasteiger partial charge on any atom is 0.238 e. The van der Waals surface area contributed by atoms with Gasteiger partial charge in [0.15, 0.2) is 0 Å². The molecule has 1 unspecified atom stereocenters. The summed E-state index contributed by atoms with van der Waals surface area (Å²) in [6.07, 6.45) is 0. The lowest BCUT2D eigenvalue weighted by atomic mass is 10.0. The standard InChI is InChI=1S/C20H24BrN3O/c1-15-12-17(21)8-9-18(15)22-20(25)14-24-11-10-23(2)13-19(24)16-6-4-3-5-7-16/h3-9,12,19H,10-11,13-14H2,1-2H3,(H,22,25). The maximum atomic E-state index is 12.6. The van der Waals surface area contributed by atoms with E-state index in [4.69, 9.17) is 0 Å². The van der Waals surface area contributed by atoms with Crippen molar-refractivity contribution in [2.45, 2.75) is 13.0 Å². The molecule has 0 aliphatic carbocycles. The summed E-state index contributed by atoms with van der Waals surface area (Å²) in [5.41, 5.74) is 3.20. The molecule has 1 N–H and O–H groups in total. The van der Waals surface area contributed by atoms with Gasteiger partial charge in [0.25, 0.3) is 0 Å². The van der Waals surface area contributed by atoms with Crippen LogP contribution < -0.4 is 5.32 Å². The van der Waals surface area contributed by atoms with Crippen molar-refractivity contribution in [1.82, 2.24) is 9.80 Å². The third-order valence-electron chi connectivity index (χ3n) is 4.69. The number of nitrogens with one attached hydrogen (secondary N) is 1. The van der Waals surface area contributed by atoms with E-state index in [1.165, 1.54) is 5.56 Å². The van der Waals surface area contributed by atoms with Crippen LogP contribution >= 0.6 is 15.9 Å². The summed E-state index contributed by atoms with van der Waals surface area (Å²) in [4.78, 5) is 17.2. The van der Waals surface area contributed by atoms with Gasteiger partial charge in [-0.15, -0.1) is 0 Å². The molecule has 1 aliphatic heterocycles. The highest BCUT2D eigenvalue weighted by atomic mass is 79.9. The van der Waals surface area contributed by atoms with E-state index < -0.39 is 0 Å². The van der Waals surface area contributed by atoms with E-state index in [2.05, 4.69) is 62.4 Å². The van der Waals surface area contributed by atoms with Gasteiger partial charge in [-0.2, -0.15) is 0 Å². The molecule has 3 rings (SSSR count). The molecule has 0 bridgehead atoms. The molecule has 1 amide bonds. The van der Waals surface area contributed by atoms with Gasteiger partial charge in [0.1, 0.15) is 0 Å². The number of piperazine rings is 1. The number of rotatable bonds is 4. The Kier molecular flexibility index (Phi) is 5.89. The van der Waals surface area contributed by atoms with Crippen LogP contribution in [0.5, 0.6) is 0 Å². The van der Waals surface area contributed by atoms with E-state index in [9.17, 15) is 4.79 Å². The van der Waals surface area contributed by atoms with Crippen LogP contribution in [-0.4, -0.2) is 48.9 Å². The molecule has 0 radical (unpaired) electrons. The van der Waals surface area contributed by atoms with Crippen LogP contribution in [0, 0.1) is 6.92 Å². The lowest BCUT2D eigenvalue weighted by molar-refractivity contribution is -0.118. The van der Waals surface area contributed by atoms with Crippen LogP contribution in [0.4, 0.5) is 5.69 Å². The number of carbonyl (C=O) groups is 1. The van der Waals surface area contributed by atoms with Crippen LogP contribution in [0.3, 0.4) is 0 Å². The Morgan fingerprint density at radius 2 is 1.96 bits per heavy atom. The predicted molar refractivity (Wildman–Crippen MR) is 106 cm³/mol. The molecular formula is C20H24BrN3O. The van der Waals surface area contributed by atoms with Gasteiger partial charge in [-0.1, -0.05) is 46.3 Å². The monoisotopic (exact) mass is 401 g/mol. The fourth-order valence-corrected chi connectivity index (χ4v) is 3.75. The van der Waals surface area contributed by atoms with Crippen molar-refractivity contribution in [2.75, 3.05) is 38.5 Å². The Morgan fingerprint density at radius 3 is 2.68 bits per heavy atom. The fraction of sp³-hybridized carbons (Fsp3) is 0.350. The van der Waals surface area contributed by atoms with Gasteiger partial charge >= 0.3 is 0 Å². The SMILES string of the molecule is Cc1cc(Br)ccc1NC(=O)CN1CCN(C)CC1c1ccccc1.